The maximum absolute atomic E-state index is 5.79. The fourth-order valence-electron chi connectivity index (χ4n) is 1.91. The third kappa shape index (κ3) is 1.82. The second kappa shape index (κ2) is 4.14. The topological polar surface area (TPSA) is 51.0 Å². The van der Waals surface area contributed by atoms with Gasteiger partial charge < -0.3 is 9.73 Å². The van der Waals surface area contributed by atoms with E-state index in [4.69, 9.17) is 4.42 Å². The normalized spacial score (nSPS) is 10.8. The number of nitrogens with zero attached hydrogens (tertiary/aromatic N) is 2. The van der Waals surface area contributed by atoms with Gasteiger partial charge in [0, 0.05) is 18.6 Å². The summed E-state index contributed by atoms with van der Waals surface area (Å²) < 4.78 is 5.79. The van der Waals surface area contributed by atoms with Crippen molar-refractivity contribution >= 4 is 16.9 Å². The lowest BCUT2D eigenvalue weighted by Crippen LogP contribution is -1.95. The van der Waals surface area contributed by atoms with Crippen LogP contribution in [0.4, 0.5) is 5.95 Å². The van der Waals surface area contributed by atoms with Crippen LogP contribution in [0.5, 0.6) is 0 Å². The predicted molar refractivity (Wildman–Crippen MR) is 71.5 cm³/mol. The molecule has 2 heterocycles. The molecule has 0 amide bonds. The molecule has 0 aliphatic carbocycles. The third-order valence-corrected chi connectivity index (χ3v) is 2.80. The molecule has 0 unspecified atom stereocenters. The minimum absolute atomic E-state index is 0.587. The standard InChI is InChI=1S/C14H13N3O/c1-9-3-4-12-10(7-9)8-13(18-12)11-5-6-16-14(15-2)17-11/h3-8H,1-2H3,(H,15,16,17). The zero-order chi connectivity index (χ0) is 12.5. The van der Waals surface area contributed by atoms with Crippen LogP contribution in [0.1, 0.15) is 5.56 Å². The fraction of sp³-hybridized carbons (Fsp3) is 0.143. The van der Waals surface area contributed by atoms with E-state index in [2.05, 4.69) is 28.3 Å². The van der Waals surface area contributed by atoms with E-state index in [9.17, 15) is 0 Å². The fourth-order valence-corrected chi connectivity index (χ4v) is 1.91. The zero-order valence-corrected chi connectivity index (χ0v) is 10.3. The summed E-state index contributed by atoms with van der Waals surface area (Å²) in [6.07, 6.45) is 1.71. The van der Waals surface area contributed by atoms with Gasteiger partial charge in [0.25, 0.3) is 0 Å². The van der Waals surface area contributed by atoms with Crippen molar-refractivity contribution < 1.29 is 4.42 Å². The van der Waals surface area contributed by atoms with E-state index in [0.29, 0.717) is 5.95 Å². The molecule has 4 heteroatoms. The van der Waals surface area contributed by atoms with Gasteiger partial charge >= 0.3 is 0 Å². The van der Waals surface area contributed by atoms with Crippen LogP contribution in [0.15, 0.2) is 40.9 Å². The van der Waals surface area contributed by atoms with E-state index < -0.39 is 0 Å². The van der Waals surface area contributed by atoms with Gasteiger partial charge in [-0.15, -0.1) is 0 Å². The van der Waals surface area contributed by atoms with Crippen molar-refractivity contribution in [2.75, 3.05) is 12.4 Å². The first-order chi connectivity index (χ1) is 8.76. The molecule has 3 rings (SSSR count). The number of rotatable bonds is 2. The Labute approximate surface area is 105 Å². The summed E-state index contributed by atoms with van der Waals surface area (Å²) >= 11 is 0. The second-order valence-corrected chi connectivity index (χ2v) is 4.17. The molecule has 90 valence electrons. The summed E-state index contributed by atoms with van der Waals surface area (Å²) in [6, 6.07) is 9.96. The number of aromatic nitrogens is 2. The summed E-state index contributed by atoms with van der Waals surface area (Å²) in [4.78, 5) is 8.45. The van der Waals surface area contributed by atoms with Gasteiger partial charge in [0.05, 0.1) is 0 Å². The largest absolute Gasteiger partial charge is 0.454 e. The van der Waals surface area contributed by atoms with Gasteiger partial charge in [0.15, 0.2) is 5.76 Å². The van der Waals surface area contributed by atoms with Crippen molar-refractivity contribution in [2.24, 2.45) is 0 Å². The van der Waals surface area contributed by atoms with Gasteiger partial charge in [0.2, 0.25) is 5.95 Å². The Balaban J connectivity index is 2.13. The highest BCUT2D eigenvalue weighted by molar-refractivity contribution is 5.82. The van der Waals surface area contributed by atoms with Crippen LogP contribution in [0.25, 0.3) is 22.4 Å². The molecule has 0 radical (unpaired) electrons. The molecule has 0 spiro atoms. The number of hydrogen-bond donors (Lipinski definition) is 1. The zero-order valence-electron chi connectivity index (χ0n) is 10.3. The smallest absolute Gasteiger partial charge is 0.223 e. The van der Waals surface area contributed by atoms with Crippen LogP contribution in [0.3, 0.4) is 0 Å². The average molecular weight is 239 g/mol. The van der Waals surface area contributed by atoms with Gasteiger partial charge in [-0.25, -0.2) is 9.97 Å². The Hall–Kier alpha value is -2.36. The first-order valence-electron chi connectivity index (χ1n) is 5.77. The molecular formula is C14H13N3O. The van der Waals surface area contributed by atoms with Gasteiger partial charge in [-0.2, -0.15) is 0 Å². The van der Waals surface area contributed by atoms with E-state index in [1.165, 1.54) is 5.56 Å². The number of anilines is 1. The van der Waals surface area contributed by atoms with Crippen LogP contribution < -0.4 is 5.32 Å². The number of furan rings is 1. The maximum atomic E-state index is 5.79. The van der Waals surface area contributed by atoms with Gasteiger partial charge in [0.1, 0.15) is 11.3 Å². The quantitative estimate of drug-likeness (QED) is 0.745. The van der Waals surface area contributed by atoms with Gasteiger partial charge in [-0.3, -0.25) is 0 Å². The van der Waals surface area contributed by atoms with Crippen LogP contribution in [-0.2, 0) is 0 Å². The summed E-state index contributed by atoms with van der Waals surface area (Å²) in [7, 11) is 1.79. The molecule has 0 atom stereocenters. The Kier molecular flexibility index (Phi) is 2.48. The van der Waals surface area contributed by atoms with E-state index in [-0.39, 0.29) is 0 Å². The first-order valence-corrected chi connectivity index (χ1v) is 5.77. The molecule has 0 saturated heterocycles. The summed E-state index contributed by atoms with van der Waals surface area (Å²) in [5, 5.41) is 4.01. The molecule has 1 N–H and O–H groups in total. The van der Waals surface area contributed by atoms with Gasteiger partial charge in [-0.1, -0.05) is 11.6 Å². The highest BCUT2D eigenvalue weighted by atomic mass is 16.3. The minimum Gasteiger partial charge on any atom is -0.454 e. The molecular weight excluding hydrogens is 226 g/mol. The summed E-state index contributed by atoms with van der Waals surface area (Å²) in [5.74, 6) is 1.35. The monoisotopic (exact) mass is 239 g/mol. The van der Waals surface area contributed by atoms with E-state index in [1.807, 2.05) is 24.3 Å². The van der Waals surface area contributed by atoms with Crippen molar-refractivity contribution in [3.63, 3.8) is 0 Å². The molecule has 1 aromatic carbocycles. The van der Waals surface area contributed by atoms with Crippen molar-refractivity contribution in [1.82, 2.24) is 9.97 Å². The lowest BCUT2D eigenvalue weighted by Gasteiger charge is -1.99. The van der Waals surface area contributed by atoms with Crippen molar-refractivity contribution in [2.45, 2.75) is 6.92 Å². The number of nitrogens with one attached hydrogen (secondary N) is 1. The Morgan fingerprint density at radius 3 is 2.89 bits per heavy atom. The number of hydrogen-bond acceptors (Lipinski definition) is 4. The van der Waals surface area contributed by atoms with E-state index in [0.717, 1.165) is 22.4 Å². The number of fused-ring (bicyclic) bond motifs is 1. The minimum atomic E-state index is 0.587. The molecule has 0 aliphatic heterocycles. The molecule has 0 aliphatic rings. The maximum Gasteiger partial charge on any atom is 0.223 e. The molecule has 18 heavy (non-hydrogen) atoms. The Morgan fingerprint density at radius 2 is 2.06 bits per heavy atom. The average Bonchev–Trinajstić information content (AvgIpc) is 2.81. The predicted octanol–water partition coefficient (Wildman–Crippen LogP) is 3.24. The van der Waals surface area contributed by atoms with E-state index >= 15 is 0 Å². The highest BCUT2D eigenvalue weighted by Crippen LogP contribution is 2.27. The lowest BCUT2D eigenvalue weighted by atomic mass is 10.2. The molecule has 4 nitrogen and oxygen atoms in total. The molecule has 3 aromatic rings. The molecule has 0 saturated carbocycles. The van der Waals surface area contributed by atoms with Crippen molar-refractivity contribution in [3.05, 3.63) is 42.1 Å². The Bertz CT molecular complexity index is 703. The highest BCUT2D eigenvalue weighted by Gasteiger charge is 2.08. The molecule has 2 aromatic heterocycles. The first kappa shape index (κ1) is 10.8. The summed E-state index contributed by atoms with van der Waals surface area (Å²) in [5.41, 5.74) is 2.87. The van der Waals surface area contributed by atoms with Gasteiger partial charge in [-0.05, 0) is 31.2 Å². The van der Waals surface area contributed by atoms with Crippen LogP contribution in [0, 0.1) is 6.92 Å². The Morgan fingerprint density at radius 1 is 1.17 bits per heavy atom. The summed E-state index contributed by atoms with van der Waals surface area (Å²) in [6.45, 7) is 2.07. The van der Waals surface area contributed by atoms with Crippen molar-refractivity contribution in [1.29, 1.82) is 0 Å². The number of benzene rings is 1. The third-order valence-electron chi connectivity index (χ3n) is 2.80. The van der Waals surface area contributed by atoms with Crippen LogP contribution in [0.2, 0.25) is 0 Å². The second-order valence-electron chi connectivity index (χ2n) is 4.17. The molecule has 0 fully saturated rings. The van der Waals surface area contributed by atoms with E-state index in [1.54, 1.807) is 13.2 Å². The van der Waals surface area contributed by atoms with Crippen molar-refractivity contribution in [3.8, 4) is 11.5 Å². The lowest BCUT2D eigenvalue weighted by molar-refractivity contribution is 0.628. The number of aryl methyl sites for hydroxylation is 1. The molecule has 0 bridgehead atoms. The van der Waals surface area contributed by atoms with Crippen LogP contribution in [-0.4, -0.2) is 17.0 Å². The SMILES string of the molecule is CNc1nccc(-c2cc3cc(C)ccc3o2)n1. The van der Waals surface area contributed by atoms with Crippen LogP contribution >= 0.6 is 0 Å².